The van der Waals surface area contributed by atoms with E-state index in [2.05, 4.69) is 16.2 Å². The van der Waals surface area contributed by atoms with Crippen molar-refractivity contribution in [3.63, 3.8) is 0 Å². The topological polar surface area (TPSA) is 101 Å². The van der Waals surface area contributed by atoms with Crippen molar-refractivity contribution < 1.29 is 4.79 Å². The Morgan fingerprint density at radius 1 is 1.36 bits per heavy atom. The Morgan fingerprint density at radius 3 is 2.89 bits per heavy atom. The van der Waals surface area contributed by atoms with Gasteiger partial charge in [0, 0.05) is 49.3 Å². The van der Waals surface area contributed by atoms with E-state index in [9.17, 15) is 10.1 Å². The van der Waals surface area contributed by atoms with Crippen molar-refractivity contribution in [1.82, 2.24) is 19.7 Å². The fourth-order valence-electron chi connectivity index (χ4n) is 3.64. The van der Waals surface area contributed by atoms with Crippen LogP contribution in [-0.2, 0) is 17.8 Å². The number of benzene rings is 1. The Labute approximate surface area is 163 Å². The number of amides is 1. The highest BCUT2D eigenvalue weighted by molar-refractivity contribution is 5.80. The second-order valence-electron chi connectivity index (χ2n) is 6.99. The third-order valence-corrected chi connectivity index (χ3v) is 5.07. The zero-order valence-corrected chi connectivity index (χ0v) is 15.8. The molecule has 0 saturated carbocycles. The standard InChI is InChI=1S/C21H20N6O/c1-13-4-3-5-16(8-13)27-11-15(10-24-27)20-17(9-22)21(23)25-19-6-7-26(14(2)28)12-18(19)20/h3-5,8,10-11H,6-7,12H2,1-2H3,(H2,23,25). The van der Waals surface area contributed by atoms with Crippen molar-refractivity contribution in [3.8, 4) is 22.9 Å². The van der Waals surface area contributed by atoms with E-state index >= 15 is 0 Å². The number of nitrogens with zero attached hydrogens (tertiary/aromatic N) is 5. The Hall–Kier alpha value is -3.66. The summed E-state index contributed by atoms with van der Waals surface area (Å²) in [5.41, 5.74) is 11.7. The van der Waals surface area contributed by atoms with Crippen molar-refractivity contribution in [3.05, 3.63) is 59.0 Å². The number of rotatable bonds is 2. The van der Waals surface area contributed by atoms with E-state index < -0.39 is 0 Å². The maximum absolute atomic E-state index is 11.9. The second-order valence-corrected chi connectivity index (χ2v) is 6.99. The molecule has 0 bridgehead atoms. The zero-order valence-electron chi connectivity index (χ0n) is 15.8. The first-order valence-electron chi connectivity index (χ1n) is 9.07. The summed E-state index contributed by atoms with van der Waals surface area (Å²) >= 11 is 0. The number of nitriles is 1. The van der Waals surface area contributed by atoms with Crippen LogP contribution < -0.4 is 5.73 Å². The summed E-state index contributed by atoms with van der Waals surface area (Å²) in [6.45, 7) is 4.59. The van der Waals surface area contributed by atoms with Crippen LogP contribution in [0.3, 0.4) is 0 Å². The predicted molar refractivity (Wildman–Crippen MR) is 105 cm³/mol. The number of hydrogen-bond donors (Lipinski definition) is 1. The molecule has 1 amide bonds. The van der Waals surface area contributed by atoms with E-state index in [-0.39, 0.29) is 11.7 Å². The van der Waals surface area contributed by atoms with Gasteiger partial charge in [-0.2, -0.15) is 10.4 Å². The Balaban J connectivity index is 1.87. The molecule has 0 aliphatic carbocycles. The number of aromatic nitrogens is 3. The van der Waals surface area contributed by atoms with E-state index in [1.54, 1.807) is 22.7 Å². The molecular weight excluding hydrogens is 352 g/mol. The molecule has 0 radical (unpaired) electrons. The molecule has 4 rings (SSSR count). The van der Waals surface area contributed by atoms with Gasteiger partial charge in [-0.1, -0.05) is 12.1 Å². The molecule has 3 heterocycles. The first-order valence-corrected chi connectivity index (χ1v) is 9.07. The fourth-order valence-corrected chi connectivity index (χ4v) is 3.64. The first kappa shape index (κ1) is 17.7. The molecule has 0 spiro atoms. The van der Waals surface area contributed by atoms with Crippen molar-refractivity contribution in [1.29, 1.82) is 5.26 Å². The second kappa shape index (κ2) is 6.82. The average Bonchev–Trinajstić information content (AvgIpc) is 3.16. The number of fused-ring (bicyclic) bond motifs is 1. The molecule has 0 saturated heterocycles. The van der Waals surface area contributed by atoms with Gasteiger partial charge >= 0.3 is 0 Å². The van der Waals surface area contributed by atoms with Crippen LogP contribution in [0, 0.1) is 18.3 Å². The fraction of sp³-hybridized carbons (Fsp3) is 0.238. The van der Waals surface area contributed by atoms with Crippen LogP contribution in [0.5, 0.6) is 0 Å². The molecule has 140 valence electrons. The number of pyridine rings is 1. The Kier molecular flexibility index (Phi) is 4.32. The van der Waals surface area contributed by atoms with E-state index in [0.717, 1.165) is 33.6 Å². The zero-order chi connectivity index (χ0) is 19.8. The van der Waals surface area contributed by atoms with Gasteiger partial charge in [0.15, 0.2) is 0 Å². The lowest BCUT2D eigenvalue weighted by Crippen LogP contribution is -2.35. The monoisotopic (exact) mass is 372 g/mol. The quantitative estimate of drug-likeness (QED) is 0.745. The minimum absolute atomic E-state index is 0.00221. The number of nitrogen functional groups attached to an aromatic ring is 1. The SMILES string of the molecule is CC(=O)N1CCc2nc(N)c(C#N)c(-c3cnn(-c4cccc(C)c4)c3)c2C1. The smallest absolute Gasteiger partial charge is 0.219 e. The summed E-state index contributed by atoms with van der Waals surface area (Å²) in [5.74, 6) is 0.221. The summed E-state index contributed by atoms with van der Waals surface area (Å²) in [4.78, 5) is 18.1. The van der Waals surface area contributed by atoms with Crippen LogP contribution in [0.15, 0.2) is 36.7 Å². The molecular formula is C21H20N6O. The average molecular weight is 372 g/mol. The molecule has 1 aromatic carbocycles. The van der Waals surface area contributed by atoms with E-state index in [1.165, 1.54) is 0 Å². The number of anilines is 1. The van der Waals surface area contributed by atoms with Crippen LogP contribution in [0.4, 0.5) is 5.82 Å². The number of nitrogens with two attached hydrogens (primary N) is 1. The van der Waals surface area contributed by atoms with Crippen LogP contribution in [0.2, 0.25) is 0 Å². The predicted octanol–water partition coefficient (Wildman–Crippen LogP) is 2.60. The lowest BCUT2D eigenvalue weighted by molar-refractivity contribution is -0.129. The minimum Gasteiger partial charge on any atom is -0.383 e. The number of hydrogen-bond acceptors (Lipinski definition) is 5. The van der Waals surface area contributed by atoms with E-state index in [1.807, 2.05) is 37.4 Å². The molecule has 3 aromatic rings. The third-order valence-electron chi connectivity index (χ3n) is 5.07. The first-order chi connectivity index (χ1) is 13.5. The van der Waals surface area contributed by atoms with Crippen LogP contribution in [-0.4, -0.2) is 32.1 Å². The van der Waals surface area contributed by atoms with Gasteiger partial charge < -0.3 is 10.6 Å². The van der Waals surface area contributed by atoms with Gasteiger partial charge in [-0.05, 0) is 24.6 Å². The molecule has 2 aromatic heterocycles. The molecule has 28 heavy (non-hydrogen) atoms. The molecule has 1 aliphatic heterocycles. The summed E-state index contributed by atoms with van der Waals surface area (Å²) < 4.78 is 1.78. The lowest BCUT2D eigenvalue weighted by Gasteiger charge is -2.29. The maximum atomic E-state index is 11.9. The van der Waals surface area contributed by atoms with Gasteiger partial charge in [-0.3, -0.25) is 4.79 Å². The van der Waals surface area contributed by atoms with Crippen LogP contribution in [0.1, 0.15) is 29.3 Å². The number of carbonyl (C=O) groups excluding carboxylic acids is 1. The maximum Gasteiger partial charge on any atom is 0.219 e. The van der Waals surface area contributed by atoms with E-state index in [4.69, 9.17) is 5.73 Å². The highest BCUT2D eigenvalue weighted by Gasteiger charge is 2.27. The lowest BCUT2D eigenvalue weighted by atomic mass is 9.92. The van der Waals surface area contributed by atoms with E-state index in [0.29, 0.717) is 25.1 Å². The molecule has 1 aliphatic rings. The van der Waals surface area contributed by atoms with Gasteiger partial charge in [-0.15, -0.1) is 0 Å². The Bertz CT molecular complexity index is 1120. The highest BCUT2D eigenvalue weighted by Crippen LogP contribution is 2.35. The van der Waals surface area contributed by atoms with Gasteiger partial charge in [-0.25, -0.2) is 9.67 Å². The molecule has 0 unspecified atom stereocenters. The molecule has 7 nitrogen and oxygen atoms in total. The van der Waals surface area contributed by atoms with Gasteiger partial charge in [0.1, 0.15) is 17.5 Å². The Morgan fingerprint density at radius 2 is 2.18 bits per heavy atom. The highest BCUT2D eigenvalue weighted by atomic mass is 16.2. The summed E-state index contributed by atoms with van der Waals surface area (Å²) in [5, 5.41) is 14.2. The third kappa shape index (κ3) is 2.99. The van der Waals surface area contributed by atoms with Crippen molar-refractivity contribution in [2.24, 2.45) is 0 Å². The van der Waals surface area contributed by atoms with Gasteiger partial charge in [0.2, 0.25) is 5.91 Å². The molecule has 0 fully saturated rings. The van der Waals surface area contributed by atoms with Crippen LogP contribution in [0.25, 0.3) is 16.8 Å². The molecule has 0 atom stereocenters. The van der Waals surface area contributed by atoms with Crippen LogP contribution >= 0.6 is 0 Å². The summed E-state index contributed by atoms with van der Waals surface area (Å²) in [7, 11) is 0. The molecule has 7 heteroatoms. The molecule has 2 N–H and O–H groups in total. The normalized spacial score (nSPS) is 13.1. The van der Waals surface area contributed by atoms with Crippen molar-refractivity contribution in [2.75, 3.05) is 12.3 Å². The minimum atomic E-state index is 0.00221. The number of aryl methyl sites for hydroxylation is 1. The van der Waals surface area contributed by atoms with Gasteiger partial charge in [0.25, 0.3) is 0 Å². The summed E-state index contributed by atoms with van der Waals surface area (Å²) in [6, 6.07) is 10.2. The van der Waals surface area contributed by atoms with Gasteiger partial charge in [0.05, 0.1) is 17.6 Å². The summed E-state index contributed by atoms with van der Waals surface area (Å²) in [6.07, 6.45) is 4.23. The largest absolute Gasteiger partial charge is 0.383 e. The van der Waals surface area contributed by atoms with Crippen molar-refractivity contribution in [2.45, 2.75) is 26.8 Å². The van der Waals surface area contributed by atoms with Crippen molar-refractivity contribution >= 4 is 11.7 Å². The number of carbonyl (C=O) groups is 1.